The molecule has 1 saturated heterocycles. The molecule has 3 heteroatoms. The summed E-state index contributed by atoms with van der Waals surface area (Å²) in [6, 6.07) is 0. The second-order valence-electron chi connectivity index (χ2n) is 2.67. The number of aliphatic hydroxyl groups is 1. The summed E-state index contributed by atoms with van der Waals surface area (Å²) >= 11 is 0. The van der Waals surface area contributed by atoms with Gasteiger partial charge >= 0.3 is 0 Å². The van der Waals surface area contributed by atoms with E-state index in [4.69, 9.17) is 5.11 Å². The summed E-state index contributed by atoms with van der Waals surface area (Å²) in [6.07, 6.45) is 2.93. The van der Waals surface area contributed by atoms with E-state index in [9.17, 15) is 4.79 Å². The lowest BCUT2D eigenvalue weighted by Gasteiger charge is -2.07. The number of nitrogens with one attached hydrogen (secondary N) is 1. The molecule has 0 aliphatic carbocycles. The van der Waals surface area contributed by atoms with Gasteiger partial charge in [0.05, 0.1) is 12.5 Å². The first kappa shape index (κ1) is 7.54. The number of carbonyl (C=O) groups excluding carboxylic acids is 1. The van der Waals surface area contributed by atoms with Crippen LogP contribution in [-0.4, -0.2) is 24.2 Å². The van der Waals surface area contributed by atoms with Crippen LogP contribution in [0.4, 0.5) is 0 Å². The monoisotopic (exact) mass is 143 g/mol. The van der Waals surface area contributed by atoms with E-state index in [-0.39, 0.29) is 18.4 Å². The van der Waals surface area contributed by atoms with Gasteiger partial charge in [0.15, 0.2) is 0 Å². The van der Waals surface area contributed by atoms with E-state index in [1.165, 1.54) is 0 Å². The predicted molar refractivity (Wildman–Crippen MR) is 37.4 cm³/mol. The zero-order valence-electron chi connectivity index (χ0n) is 5.97. The molecule has 1 heterocycles. The van der Waals surface area contributed by atoms with Crippen molar-refractivity contribution in [3.05, 3.63) is 0 Å². The Balaban J connectivity index is 2.43. The predicted octanol–water partition coefficient (Wildman–Crippen LogP) is -0.105. The Morgan fingerprint density at radius 3 is 3.10 bits per heavy atom. The number of aliphatic hydroxyl groups excluding tert-OH is 1. The van der Waals surface area contributed by atoms with Gasteiger partial charge < -0.3 is 10.4 Å². The van der Waals surface area contributed by atoms with E-state index in [1.54, 1.807) is 0 Å². The van der Waals surface area contributed by atoms with Gasteiger partial charge in [0.1, 0.15) is 0 Å². The van der Waals surface area contributed by atoms with E-state index in [1.807, 2.05) is 0 Å². The second-order valence-corrected chi connectivity index (χ2v) is 2.67. The fraction of sp³-hybridized carbons (Fsp3) is 0.857. The summed E-state index contributed by atoms with van der Waals surface area (Å²) in [5, 5.41) is 11.5. The summed E-state index contributed by atoms with van der Waals surface area (Å²) in [5.41, 5.74) is 0. The van der Waals surface area contributed by atoms with Crippen LogP contribution in [0.25, 0.3) is 0 Å². The van der Waals surface area contributed by atoms with Crippen molar-refractivity contribution in [1.82, 2.24) is 5.32 Å². The molecule has 0 aromatic heterocycles. The fourth-order valence-electron chi connectivity index (χ4n) is 1.18. The highest BCUT2D eigenvalue weighted by Gasteiger charge is 2.18. The Morgan fingerprint density at radius 2 is 2.40 bits per heavy atom. The highest BCUT2D eigenvalue weighted by molar-refractivity contribution is 5.78. The molecule has 0 aromatic rings. The van der Waals surface area contributed by atoms with Crippen molar-refractivity contribution < 1.29 is 9.90 Å². The molecule has 1 rings (SSSR count). The average Bonchev–Trinajstić information content (AvgIpc) is 2.13. The van der Waals surface area contributed by atoms with Gasteiger partial charge in [0.25, 0.3) is 0 Å². The van der Waals surface area contributed by atoms with Crippen LogP contribution in [0.2, 0.25) is 0 Å². The van der Waals surface area contributed by atoms with Crippen LogP contribution in [0.1, 0.15) is 19.3 Å². The van der Waals surface area contributed by atoms with E-state index in [2.05, 4.69) is 5.32 Å². The standard InChI is InChI=1S/C7H13NO2/c9-5-6-3-1-2-4-8-7(6)10/h6,9H,1-5H2,(H,8,10)/t6-/m0/s1. The first-order valence-corrected chi connectivity index (χ1v) is 3.73. The van der Waals surface area contributed by atoms with Gasteiger partial charge in [-0.3, -0.25) is 4.79 Å². The number of amides is 1. The summed E-state index contributed by atoms with van der Waals surface area (Å²) in [7, 11) is 0. The molecular formula is C7H13NO2. The van der Waals surface area contributed by atoms with Crippen molar-refractivity contribution in [3.8, 4) is 0 Å². The van der Waals surface area contributed by atoms with E-state index < -0.39 is 0 Å². The molecule has 1 atom stereocenters. The Hall–Kier alpha value is -0.570. The minimum absolute atomic E-state index is 0.00810. The Morgan fingerprint density at radius 1 is 1.60 bits per heavy atom. The number of hydrogen-bond acceptors (Lipinski definition) is 2. The van der Waals surface area contributed by atoms with Gasteiger partial charge in [0, 0.05) is 6.54 Å². The largest absolute Gasteiger partial charge is 0.396 e. The van der Waals surface area contributed by atoms with E-state index in [0.29, 0.717) is 0 Å². The smallest absolute Gasteiger partial charge is 0.225 e. The lowest BCUT2D eigenvalue weighted by Crippen LogP contribution is -2.30. The fourth-order valence-corrected chi connectivity index (χ4v) is 1.18. The Labute approximate surface area is 60.4 Å². The molecule has 0 spiro atoms. The third-order valence-corrected chi connectivity index (χ3v) is 1.87. The molecule has 1 amide bonds. The molecule has 1 aliphatic heterocycles. The first-order valence-electron chi connectivity index (χ1n) is 3.73. The van der Waals surface area contributed by atoms with Crippen LogP contribution >= 0.6 is 0 Å². The van der Waals surface area contributed by atoms with Gasteiger partial charge in [-0.1, -0.05) is 6.42 Å². The van der Waals surface area contributed by atoms with Crippen LogP contribution in [0, 0.1) is 5.92 Å². The number of hydrogen-bond donors (Lipinski definition) is 2. The zero-order valence-corrected chi connectivity index (χ0v) is 5.97. The third-order valence-electron chi connectivity index (χ3n) is 1.87. The molecule has 1 aliphatic rings. The summed E-state index contributed by atoms with van der Waals surface area (Å²) in [4.78, 5) is 11.0. The molecule has 0 bridgehead atoms. The van der Waals surface area contributed by atoms with Gasteiger partial charge in [-0.25, -0.2) is 0 Å². The average molecular weight is 143 g/mol. The molecule has 1 fully saturated rings. The van der Waals surface area contributed by atoms with Gasteiger partial charge in [0.2, 0.25) is 5.91 Å². The molecule has 0 unspecified atom stereocenters. The minimum atomic E-state index is -0.150. The van der Waals surface area contributed by atoms with Crippen molar-refractivity contribution in [2.75, 3.05) is 13.2 Å². The SMILES string of the molecule is O=C1NCCCC[C@H]1CO. The maximum Gasteiger partial charge on any atom is 0.225 e. The van der Waals surface area contributed by atoms with Crippen LogP contribution in [0.3, 0.4) is 0 Å². The summed E-state index contributed by atoms with van der Waals surface area (Å²) in [6.45, 7) is 0.765. The van der Waals surface area contributed by atoms with Gasteiger partial charge in [-0.15, -0.1) is 0 Å². The zero-order chi connectivity index (χ0) is 7.40. The van der Waals surface area contributed by atoms with Crippen molar-refractivity contribution in [1.29, 1.82) is 0 Å². The third kappa shape index (κ3) is 1.70. The normalized spacial score (nSPS) is 27.3. The lowest BCUT2D eigenvalue weighted by molar-refractivity contribution is -0.125. The van der Waals surface area contributed by atoms with Crippen molar-refractivity contribution in [2.45, 2.75) is 19.3 Å². The molecule has 0 saturated carbocycles. The van der Waals surface area contributed by atoms with E-state index in [0.717, 1.165) is 25.8 Å². The molecule has 58 valence electrons. The van der Waals surface area contributed by atoms with Crippen LogP contribution < -0.4 is 5.32 Å². The van der Waals surface area contributed by atoms with Crippen molar-refractivity contribution in [2.24, 2.45) is 5.92 Å². The quantitative estimate of drug-likeness (QED) is 0.538. The van der Waals surface area contributed by atoms with E-state index >= 15 is 0 Å². The van der Waals surface area contributed by atoms with Crippen LogP contribution in [0.5, 0.6) is 0 Å². The molecular weight excluding hydrogens is 130 g/mol. The maximum absolute atomic E-state index is 11.0. The highest BCUT2D eigenvalue weighted by atomic mass is 16.3. The molecule has 3 nitrogen and oxygen atoms in total. The molecule has 0 radical (unpaired) electrons. The molecule has 0 aromatic carbocycles. The molecule has 2 N–H and O–H groups in total. The second kappa shape index (κ2) is 3.56. The highest BCUT2D eigenvalue weighted by Crippen LogP contribution is 2.10. The Kier molecular flexibility index (Phi) is 2.68. The maximum atomic E-state index is 11.0. The summed E-state index contributed by atoms with van der Waals surface area (Å²) < 4.78 is 0. The van der Waals surface area contributed by atoms with Crippen LogP contribution in [-0.2, 0) is 4.79 Å². The number of rotatable bonds is 1. The van der Waals surface area contributed by atoms with Crippen molar-refractivity contribution >= 4 is 5.91 Å². The lowest BCUT2D eigenvalue weighted by atomic mass is 10.0. The van der Waals surface area contributed by atoms with Crippen molar-refractivity contribution in [3.63, 3.8) is 0 Å². The van der Waals surface area contributed by atoms with Gasteiger partial charge in [-0.2, -0.15) is 0 Å². The Bertz CT molecular complexity index is 125. The van der Waals surface area contributed by atoms with Gasteiger partial charge in [-0.05, 0) is 12.8 Å². The topological polar surface area (TPSA) is 49.3 Å². The first-order chi connectivity index (χ1) is 4.84. The van der Waals surface area contributed by atoms with Crippen LogP contribution in [0.15, 0.2) is 0 Å². The molecule has 10 heavy (non-hydrogen) atoms. The summed E-state index contributed by atoms with van der Waals surface area (Å²) in [5.74, 6) is -0.137. The minimum Gasteiger partial charge on any atom is -0.396 e. The number of carbonyl (C=O) groups is 1.